The number of hydrogen-bond donors (Lipinski definition) is 2. The number of aromatic nitrogens is 4. The maximum atomic E-state index is 13.5. The van der Waals surface area contributed by atoms with Crippen LogP contribution in [0.4, 0.5) is 16.6 Å². The summed E-state index contributed by atoms with van der Waals surface area (Å²) < 4.78 is 33.7. The van der Waals surface area contributed by atoms with Crippen molar-refractivity contribution in [2.45, 2.75) is 33.2 Å². The second-order valence-corrected chi connectivity index (χ2v) is 9.82. The number of ether oxygens (including phenoxy) is 1. The molecule has 0 aliphatic carbocycles. The van der Waals surface area contributed by atoms with Crippen LogP contribution in [-0.2, 0) is 26.1 Å². The van der Waals surface area contributed by atoms with Crippen molar-refractivity contribution in [2.75, 3.05) is 36.4 Å². The van der Waals surface area contributed by atoms with Crippen molar-refractivity contribution in [1.82, 2.24) is 24.0 Å². The molecule has 2 aromatic heterocycles. The SMILES string of the molecule is CCCS(=O)(=O)Nc1nc(N)c2c(n1)n(Cc1ccccc1)c(=O)n2C(=O)N(C)CCC(=O)OCC. The van der Waals surface area contributed by atoms with Crippen LogP contribution < -0.4 is 16.1 Å². The third-order valence-electron chi connectivity index (χ3n) is 5.17. The highest BCUT2D eigenvalue weighted by molar-refractivity contribution is 7.92. The van der Waals surface area contributed by atoms with Gasteiger partial charge in [0, 0.05) is 13.6 Å². The Morgan fingerprint density at radius 3 is 2.50 bits per heavy atom. The zero-order valence-electron chi connectivity index (χ0n) is 20.3. The number of imidazole rings is 1. The smallest absolute Gasteiger partial charge is 0.339 e. The molecule has 3 rings (SSSR count). The van der Waals surface area contributed by atoms with Gasteiger partial charge in [0.25, 0.3) is 0 Å². The number of esters is 1. The summed E-state index contributed by atoms with van der Waals surface area (Å²) in [5.74, 6) is -1.21. The molecule has 0 radical (unpaired) electrons. The van der Waals surface area contributed by atoms with Gasteiger partial charge < -0.3 is 15.4 Å². The molecule has 2 heterocycles. The molecule has 0 fully saturated rings. The van der Waals surface area contributed by atoms with Crippen LogP contribution in [0.2, 0.25) is 0 Å². The molecule has 0 aliphatic rings. The molecule has 0 spiro atoms. The molecule has 0 atom stereocenters. The topological polar surface area (TPSA) is 172 Å². The minimum absolute atomic E-state index is 0.00880. The number of fused-ring (bicyclic) bond motifs is 1. The lowest BCUT2D eigenvalue weighted by atomic mass is 10.2. The Kier molecular flexibility index (Phi) is 8.29. The molecule has 13 nitrogen and oxygen atoms in total. The van der Waals surface area contributed by atoms with Gasteiger partial charge in [0.2, 0.25) is 16.0 Å². The third kappa shape index (κ3) is 6.00. The summed E-state index contributed by atoms with van der Waals surface area (Å²) in [7, 11) is -2.31. The summed E-state index contributed by atoms with van der Waals surface area (Å²) >= 11 is 0. The highest BCUT2D eigenvalue weighted by Crippen LogP contribution is 2.21. The fraction of sp³-hybridized carbons (Fsp3) is 0.409. The molecule has 0 bridgehead atoms. The molecule has 0 unspecified atom stereocenters. The summed E-state index contributed by atoms with van der Waals surface area (Å²) in [6.45, 7) is 3.62. The van der Waals surface area contributed by atoms with Crippen molar-refractivity contribution in [3.8, 4) is 0 Å². The van der Waals surface area contributed by atoms with Crippen LogP contribution in [0.3, 0.4) is 0 Å². The van der Waals surface area contributed by atoms with Crippen molar-refractivity contribution >= 4 is 45.0 Å². The first-order valence-corrected chi connectivity index (χ1v) is 13.0. The first-order chi connectivity index (χ1) is 17.1. The summed E-state index contributed by atoms with van der Waals surface area (Å²) in [6.07, 6.45) is 0.303. The van der Waals surface area contributed by atoms with Gasteiger partial charge in [0.15, 0.2) is 11.5 Å². The second kappa shape index (κ2) is 11.2. The number of nitrogens with one attached hydrogen (secondary N) is 1. The highest BCUT2D eigenvalue weighted by atomic mass is 32.2. The van der Waals surface area contributed by atoms with Crippen molar-refractivity contribution < 1.29 is 22.7 Å². The number of carbonyl (C=O) groups is 2. The molecule has 1 aromatic carbocycles. The van der Waals surface area contributed by atoms with Crippen LogP contribution >= 0.6 is 0 Å². The van der Waals surface area contributed by atoms with Gasteiger partial charge in [-0.25, -0.2) is 22.6 Å². The molecule has 194 valence electrons. The number of hydrogen-bond acceptors (Lipinski definition) is 9. The Bertz CT molecular complexity index is 1420. The van der Waals surface area contributed by atoms with E-state index in [2.05, 4.69) is 14.7 Å². The number of nitrogens with two attached hydrogens (primary N) is 1. The van der Waals surface area contributed by atoms with Gasteiger partial charge in [-0.3, -0.25) is 14.1 Å². The van der Waals surface area contributed by atoms with Gasteiger partial charge in [0.1, 0.15) is 5.52 Å². The van der Waals surface area contributed by atoms with Gasteiger partial charge in [-0.2, -0.15) is 9.97 Å². The fourth-order valence-electron chi connectivity index (χ4n) is 3.52. The van der Waals surface area contributed by atoms with Crippen molar-refractivity contribution in [2.24, 2.45) is 0 Å². The van der Waals surface area contributed by atoms with E-state index in [9.17, 15) is 22.8 Å². The summed E-state index contributed by atoms with van der Waals surface area (Å²) in [5, 5.41) is 0. The maximum Gasteiger partial charge on any atom is 0.339 e. The molecular formula is C22H29N7O6S. The van der Waals surface area contributed by atoms with Crippen LogP contribution in [0.1, 0.15) is 32.3 Å². The first kappa shape index (κ1) is 26.7. The van der Waals surface area contributed by atoms with Gasteiger partial charge >= 0.3 is 17.7 Å². The minimum Gasteiger partial charge on any atom is -0.466 e. The van der Waals surface area contributed by atoms with Crippen LogP contribution in [0, 0.1) is 0 Å². The van der Waals surface area contributed by atoms with E-state index in [1.165, 1.54) is 16.5 Å². The standard InChI is InChI=1S/C22H29N7O6S/c1-4-13-36(33,34)26-20-24-18(23)17-19(25-20)28(14-15-9-7-6-8-10-15)22(32)29(17)21(31)27(3)12-11-16(30)35-5-2/h6-10H,4-5,11-14H2,1-3H3,(H3,23,24,25,26). The number of nitrogen functional groups attached to an aromatic ring is 1. The van der Waals surface area contributed by atoms with Crippen LogP contribution in [0.5, 0.6) is 0 Å². The van der Waals surface area contributed by atoms with Crippen LogP contribution in [0.25, 0.3) is 11.2 Å². The largest absolute Gasteiger partial charge is 0.466 e. The lowest BCUT2D eigenvalue weighted by Gasteiger charge is -2.17. The van der Waals surface area contributed by atoms with Gasteiger partial charge in [-0.15, -0.1) is 0 Å². The normalized spacial score (nSPS) is 11.4. The third-order valence-corrected chi connectivity index (χ3v) is 6.61. The Hall–Kier alpha value is -3.94. The Labute approximate surface area is 207 Å². The number of rotatable bonds is 10. The lowest BCUT2D eigenvalue weighted by Crippen LogP contribution is -2.39. The average Bonchev–Trinajstić information content (AvgIpc) is 3.09. The van der Waals surface area contributed by atoms with Crippen LogP contribution in [0.15, 0.2) is 35.1 Å². The molecule has 14 heteroatoms. The molecule has 0 aliphatic heterocycles. The van der Waals surface area contributed by atoms with E-state index in [1.54, 1.807) is 38.1 Å². The molecule has 3 N–H and O–H groups in total. The Morgan fingerprint density at radius 1 is 1.17 bits per heavy atom. The minimum atomic E-state index is -3.74. The fourth-order valence-corrected chi connectivity index (χ4v) is 4.53. The van der Waals surface area contributed by atoms with Crippen molar-refractivity contribution in [1.29, 1.82) is 0 Å². The summed E-state index contributed by atoms with van der Waals surface area (Å²) in [4.78, 5) is 47.8. The van der Waals surface area contributed by atoms with E-state index in [0.29, 0.717) is 6.42 Å². The van der Waals surface area contributed by atoms with E-state index >= 15 is 0 Å². The van der Waals surface area contributed by atoms with E-state index in [-0.39, 0.29) is 54.8 Å². The summed E-state index contributed by atoms with van der Waals surface area (Å²) in [6, 6.07) is 8.23. The zero-order chi connectivity index (χ0) is 26.5. The molecule has 0 saturated heterocycles. The second-order valence-electron chi connectivity index (χ2n) is 7.97. The predicted molar refractivity (Wildman–Crippen MR) is 134 cm³/mol. The van der Waals surface area contributed by atoms with Gasteiger partial charge in [-0.1, -0.05) is 37.3 Å². The number of nitrogens with zero attached hydrogens (tertiary/aromatic N) is 5. The zero-order valence-corrected chi connectivity index (χ0v) is 21.1. The molecule has 36 heavy (non-hydrogen) atoms. The van der Waals surface area contributed by atoms with Gasteiger partial charge in [0.05, 0.1) is 25.3 Å². The number of amides is 1. The first-order valence-electron chi connectivity index (χ1n) is 11.3. The monoisotopic (exact) mass is 519 g/mol. The molecular weight excluding hydrogens is 490 g/mol. The lowest BCUT2D eigenvalue weighted by molar-refractivity contribution is -0.143. The maximum absolute atomic E-state index is 13.5. The molecule has 3 aromatic rings. The highest BCUT2D eigenvalue weighted by Gasteiger charge is 2.26. The number of benzene rings is 1. The van der Waals surface area contributed by atoms with Gasteiger partial charge in [-0.05, 0) is 18.9 Å². The van der Waals surface area contributed by atoms with E-state index in [4.69, 9.17) is 10.5 Å². The Morgan fingerprint density at radius 2 is 1.86 bits per heavy atom. The molecule has 1 amide bonds. The number of sulfonamides is 1. The van der Waals surface area contributed by atoms with Crippen molar-refractivity contribution in [3.63, 3.8) is 0 Å². The van der Waals surface area contributed by atoms with E-state index in [0.717, 1.165) is 10.1 Å². The number of anilines is 2. The van der Waals surface area contributed by atoms with E-state index < -0.39 is 27.7 Å². The molecule has 0 saturated carbocycles. The number of carbonyl (C=O) groups excluding carboxylic acids is 2. The quantitative estimate of drug-likeness (QED) is 0.374. The summed E-state index contributed by atoms with van der Waals surface area (Å²) in [5.41, 5.74) is 6.04. The van der Waals surface area contributed by atoms with Crippen molar-refractivity contribution in [3.05, 3.63) is 46.4 Å². The average molecular weight is 520 g/mol. The predicted octanol–water partition coefficient (Wildman–Crippen LogP) is 1.23. The van der Waals surface area contributed by atoms with E-state index in [1.807, 2.05) is 6.07 Å². The Balaban J connectivity index is 2.11. The van der Waals surface area contributed by atoms with Crippen LogP contribution in [-0.4, -0.2) is 70.4 Å².